The molecule has 0 saturated carbocycles. The number of aliphatic hydroxyl groups is 1. The van der Waals surface area contributed by atoms with Gasteiger partial charge in [0.05, 0.1) is 6.61 Å². The fraction of sp³-hybridized carbons (Fsp3) is 0.846. The van der Waals surface area contributed by atoms with E-state index in [0.717, 1.165) is 51.4 Å². The molecular formula is C39H72O5. The summed E-state index contributed by atoms with van der Waals surface area (Å²) >= 11 is 0. The lowest BCUT2D eigenvalue weighted by molar-refractivity contribution is -0.161. The molecule has 0 heterocycles. The molecule has 0 rings (SSSR count). The number of ether oxygens (including phenoxy) is 2. The van der Waals surface area contributed by atoms with Gasteiger partial charge in [0, 0.05) is 12.8 Å². The molecule has 0 bridgehead atoms. The van der Waals surface area contributed by atoms with Crippen LogP contribution in [0.15, 0.2) is 24.3 Å². The normalized spacial score (nSPS) is 12.3. The summed E-state index contributed by atoms with van der Waals surface area (Å²) in [5.41, 5.74) is 0. The van der Waals surface area contributed by atoms with E-state index in [9.17, 15) is 14.7 Å². The molecule has 1 N–H and O–H groups in total. The van der Waals surface area contributed by atoms with Crippen molar-refractivity contribution in [1.29, 1.82) is 0 Å². The fourth-order valence-corrected chi connectivity index (χ4v) is 5.31. The first-order valence-corrected chi connectivity index (χ1v) is 18.9. The van der Waals surface area contributed by atoms with Crippen LogP contribution >= 0.6 is 0 Å². The van der Waals surface area contributed by atoms with Gasteiger partial charge in [0.1, 0.15) is 6.61 Å². The Labute approximate surface area is 273 Å². The van der Waals surface area contributed by atoms with Crippen LogP contribution in [0.4, 0.5) is 0 Å². The van der Waals surface area contributed by atoms with Gasteiger partial charge in [0.15, 0.2) is 6.10 Å². The molecule has 0 aliphatic rings. The molecular weight excluding hydrogens is 548 g/mol. The second kappa shape index (κ2) is 35.9. The highest BCUT2D eigenvalue weighted by molar-refractivity contribution is 5.70. The number of aliphatic hydroxyl groups excluding tert-OH is 1. The monoisotopic (exact) mass is 621 g/mol. The summed E-state index contributed by atoms with van der Waals surface area (Å²) in [7, 11) is 0. The predicted molar refractivity (Wildman–Crippen MR) is 187 cm³/mol. The van der Waals surface area contributed by atoms with Gasteiger partial charge in [-0.05, 0) is 64.2 Å². The van der Waals surface area contributed by atoms with E-state index < -0.39 is 6.10 Å². The Balaban J connectivity index is 3.58. The Kier molecular flexibility index (Phi) is 34.5. The highest BCUT2D eigenvalue weighted by Crippen LogP contribution is 2.12. The lowest BCUT2D eigenvalue weighted by atomic mass is 10.1. The lowest BCUT2D eigenvalue weighted by Gasteiger charge is -2.15. The van der Waals surface area contributed by atoms with Crippen molar-refractivity contribution >= 4 is 11.9 Å². The van der Waals surface area contributed by atoms with E-state index in [1.165, 1.54) is 116 Å². The van der Waals surface area contributed by atoms with Crippen molar-refractivity contribution in [2.24, 2.45) is 0 Å². The molecule has 5 nitrogen and oxygen atoms in total. The van der Waals surface area contributed by atoms with E-state index >= 15 is 0 Å². The number of carbonyl (C=O) groups excluding carboxylic acids is 2. The molecule has 0 amide bonds. The third kappa shape index (κ3) is 33.3. The number of allylic oxidation sites excluding steroid dienone is 4. The van der Waals surface area contributed by atoms with Crippen LogP contribution in [0.3, 0.4) is 0 Å². The van der Waals surface area contributed by atoms with Crippen LogP contribution in [0.5, 0.6) is 0 Å². The first-order valence-electron chi connectivity index (χ1n) is 18.9. The third-order valence-corrected chi connectivity index (χ3v) is 8.22. The molecule has 0 fully saturated rings. The topological polar surface area (TPSA) is 72.8 Å². The predicted octanol–water partition coefficient (Wildman–Crippen LogP) is 11.5. The molecule has 0 saturated heterocycles. The Morgan fingerprint density at radius 3 is 1.23 bits per heavy atom. The average Bonchev–Trinajstić information content (AvgIpc) is 3.02. The van der Waals surface area contributed by atoms with Crippen molar-refractivity contribution in [3.05, 3.63) is 24.3 Å². The number of hydrogen-bond acceptors (Lipinski definition) is 5. The molecule has 1 atom stereocenters. The smallest absolute Gasteiger partial charge is 0.306 e. The van der Waals surface area contributed by atoms with Gasteiger partial charge >= 0.3 is 11.9 Å². The molecule has 44 heavy (non-hydrogen) atoms. The van der Waals surface area contributed by atoms with Gasteiger partial charge in [-0.1, -0.05) is 141 Å². The van der Waals surface area contributed by atoms with E-state index in [4.69, 9.17) is 9.47 Å². The molecule has 0 aromatic carbocycles. The molecule has 0 aromatic rings. The maximum Gasteiger partial charge on any atom is 0.306 e. The van der Waals surface area contributed by atoms with Crippen LogP contribution in [0.2, 0.25) is 0 Å². The van der Waals surface area contributed by atoms with Gasteiger partial charge in [0.25, 0.3) is 0 Å². The van der Waals surface area contributed by atoms with Crippen LogP contribution in [0.25, 0.3) is 0 Å². The summed E-state index contributed by atoms with van der Waals surface area (Å²) in [5.74, 6) is -0.607. The van der Waals surface area contributed by atoms with Crippen molar-refractivity contribution in [3.8, 4) is 0 Å². The Morgan fingerprint density at radius 2 is 0.841 bits per heavy atom. The quantitative estimate of drug-likeness (QED) is 0.0440. The summed E-state index contributed by atoms with van der Waals surface area (Å²) in [6.07, 6.45) is 40.9. The molecule has 0 spiro atoms. The fourth-order valence-electron chi connectivity index (χ4n) is 5.31. The maximum atomic E-state index is 12.1. The van der Waals surface area contributed by atoms with Crippen LogP contribution in [0.1, 0.15) is 194 Å². The van der Waals surface area contributed by atoms with Gasteiger partial charge in [-0.25, -0.2) is 0 Å². The summed E-state index contributed by atoms with van der Waals surface area (Å²) < 4.78 is 10.6. The van der Waals surface area contributed by atoms with E-state index in [-0.39, 0.29) is 25.2 Å². The van der Waals surface area contributed by atoms with Crippen molar-refractivity contribution in [2.45, 2.75) is 200 Å². The van der Waals surface area contributed by atoms with Crippen LogP contribution in [-0.4, -0.2) is 36.4 Å². The molecule has 0 aromatic heterocycles. The molecule has 0 unspecified atom stereocenters. The van der Waals surface area contributed by atoms with E-state index in [1.807, 2.05) is 0 Å². The number of carbonyl (C=O) groups is 2. The van der Waals surface area contributed by atoms with Gasteiger partial charge in [-0.3, -0.25) is 9.59 Å². The van der Waals surface area contributed by atoms with Gasteiger partial charge < -0.3 is 14.6 Å². The summed E-state index contributed by atoms with van der Waals surface area (Å²) in [4.78, 5) is 24.2. The molecule has 258 valence electrons. The van der Waals surface area contributed by atoms with Crippen molar-refractivity contribution in [2.75, 3.05) is 13.2 Å². The second-order valence-corrected chi connectivity index (χ2v) is 12.6. The SMILES string of the molecule is CCCCCCCC/C=C\CCCCCCCC(=O)O[C@@H](CO)COC(=O)CCCCCCC/C=C/CCCCCCCC. The minimum atomic E-state index is -0.774. The number of hydrogen-bond donors (Lipinski definition) is 1. The summed E-state index contributed by atoms with van der Waals surface area (Å²) in [5, 5.41) is 9.53. The van der Waals surface area contributed by atoms with Crippen LogP contribution in [0, 0.1) is 0 Å². The second-order valence-electron chi connectivity index (χ2n) is 12.6. The zero-order valence-electron chi connectivity index (χ0n) is 29.2. The lowest BCUT2D eigenvalue weighted by Crippen LogP contribution is -2.28. The number of unbranched alkanes of at least 4 members (excludes halogenated alkanes) is 22. The van der Waals surface area contributed by atoms with Crippen molar-refractivity contribution in [1.82, 2.24) is 0 Å². The summed E-state index contributed by atoms with van der Waals surface area (Å²) in [6.45, 7) is 4.11. The Morgan fingerprint density at radius 1 is 0.500 bits per heavy atom. The maximum absolute atomic E-state index is 12.1. The van der Waals surface area contributed by atoms with Gasteiger partial charge in [-0.15, -0.1) is 0 Å². The highest BCUT2D eigenvalue weighted by atomic mass is 16.6. The van der Waals surface area contributed by atoms with Gasteiger partial charge in [-0.2, -0.15) is 0 Å². The molecule has 0 aliphatic carbocycles. The standard InChI is InChI=1S/C39H72O5/c1-3-5-7-9-11-13-15-17-19-21-23-25-27-29-31-33-38(41)43-36-37(35-40)44-39(42)34-32-30-28-26-24-22-20-18-16-14-12-10-8-6-4-2/h17-20,37,40H,3-16,21-36H2,1-2H3/b19-17+,20-18-/t37-/m0/s1. The zero-order valence-corrected chi connectivity index (χ0v) is 29.2. The summed E-state index contributed by atoms with van der Waals surface area (Å²) in [6, 6.07) is 0. The largest absolute Gasteiger partial charge is 0.462 e. The average molecular weight is 621 g/mol. The minimum absolute atomic E-state index is 0.0709. The Bertz CT molecular complexity index is 671. The first-order chi connectivity index (χ1) is 21.6. The van der Waals surface area contributed by atoms with E-state index in [2.05, 4.69) is 38.2 Å². The van der Waals surface area contributed by atoms with Crippen LogP contribution in [-0.2, 0) is 19.1 Å². The Hall–Kier alpha value is -1.62. The molecule has 0 aliphatic heterocycles. The third-order valence-electron chi connectivity index (χ3n) is 8.22. The number of esters is 2. The number of rotatable bonds is 34. The van der Waals surface area contributed by atoms with Gasteiger partial charge in [0.2, 0.25) is 0 Å². The van der Waals surface area contributed by atoms with E-state index in [0.29, 0.717) is 12.8 Å². The zero-order chi connectivity index (χ0) is 32.2. The minimum Gasteiger partial charge on any atom is -0.462 e. The van der Waals surface area contributed by atoms with Crippen molar-refractivity contribution < 1.29 is 24.2 Å². The van der Waals surface area contributed by atoms with E-state index in [1.54, 1.807) is 0 Å². The highest BCUT2D eigenvalue weighted by Gasteiger charge is 2.16. The molecule has 0 radical (unpaired) electrons. The first kappa shape index (κ1) is 42.4. The van der Waals surface area contributed by atoms with Crippen LogP contribution < -0.4 is 0 Å². The molecule has 5 heteroatoms. The van der Waals surface area contributed by atoms with Crippen molar-refractivity contribution in [3.63, 3.8) is 0 Å².